The van der Waals surface area contributed by atoms with Crippen LogP contribution < -0.4 is 26.0 Å². The highest BCUT2D eigenvalue weighted by atomic mass is 19.1. The van der Waals surface area contributed by atoms with Gasteiger partial charge in [-0.1, -0.05) is 36.4 Å². The van der Waals surface area contributed by atoms with Gasteiger partial charge in [-0.2, -0.15) is 5.10 Å². The molecule has 3 fully saturated rings. The maximum Gasteiger partial charge on any atom is 0.255 e. The minimum absolute atomic E-state index is 0.0629. The molecule has 0 spiro atoms. The van der Waals surface area contributed by atoms with Crippen molar-refractivity contribution < 1.29 is 33.1 Å². The average molecular weight is 892 g/mol. The van der Waals surface area contributed by atoms with Crippen LogP contribution >= 0.6 is 0 Å². The number of benzene rings is 4. The number of rotatable bonds is 11. The molecule has 336 valence electrons. The Morgan fingerprint density at radius 3 is 2.41 bits per heavy atom. The quantitative estimate of drug-likeness (QED) is 0.159. The van der Waals surface area contributed by atoms with E-state index in [9.17, 15) is 28.4 Å². The second kappa shape index (κ2) is 17.3. The summed E-state index contributed by atoms with van der Waals surface area (Å²) < 4.78 is 20.9. The fourth-order valence-electron chi connectivity index (χ4n) is 9.26. The number of anilines is 2. The number of nitrogens with one attached hydrogen (secondary N) is 2. The van der Waals surface area contributed by atoms with Crippen LogP contribution in [0.15, 0.2) is 91.3 Å². The number of amides is 5. The maximum atomic E-state index is 13.8. The summed E-state index contributed by atoms with van der Waals surface area (Å²) in [6, 6.07) is 24.2. The number of nitrogen functional groups attached to an aromatic ring is 1. The van der Waals surface area contributed by atoms with Crippen LogP contribution in [-0.4, -0.2) is 116 Å². The van der Waals surface area contributed by atoms with Crippen LogP contribution in [0.4, 0.5) is 15.9 Å². The summed E-state index contributed by atoms with van der Waals surface area (Å²) in [6.07, 6.45) is 1.96. The van der Waals surface area contributed by atoms with E-state index < -0.39 is 23.7 Å². The second-order valence-corrected chi connectivity index (χ2v) is 17.0. The molecule has 1 atom stereocenters. The molecule has 5 amide bonds. The van der Waals surface area contributed by atoms with Gasteiger partial charge in [0.25, 0.3) is 17.7 Å². The smallest absolute Gasteiger partial charge is 0.255 e. The lowest BCUT2D eigenvalue weighted by molar-refractivity contribution is -0.136. The normalized spacial score (nSPS) is 17.8. The van der Waals surface area contributed by atoms with E-state index in [0.29, 0.717) is 53.9 Å². The molecule has 0 aliphatic carbocycles. The van der Waals surface area contributed by atoms with Crippen molar-refractivity contribution in [2.45, 2.75) is 44.6 Å². The number of hydrogen-bond donors (Lipinski definition) is 3. The van der Waals surface area contributed by atoms with E-state index >= 15 is 0 Å². The fraction of sp³-hybridized carbons (Fsp3) is 0.292. The van der Waals surface area contributed by atoms with Crippen LogP contribution in [0.25, 0.3) is 22.3 Å². The van der Waals surface area contributed by atoms with Crippen LogP contribution in [0, 0.1) is 5.82 Å². The minimum atomic E-state index is -0.636. The molecule has 17 nitrogen and oxygen atoms in total. The topological polar surface area (TPSA) is 201 Å². The van der Waals surface area contributed by atoms with Crippen molar-refractivity contribution in [3.63, 3.8) is 0 Å². The Morgan fingerprint density at radius 2 is 1.67 bits per heavy atom. The molecule has 4 N–H and O–H groups in total. The Hall–Kier alpha value is -7.73. The molecule has 6 aromatic rings. The van der Waals surface area contributed by atoms with E-state index in [4.69, 9.17) is 15.6 Å². The summed E-state index contributed by atoms with van der Waals surface area (Å²) in [6.45, 7) is 5.49. The Kier molecular flexibility index (Phi) is 11.1. The highest BCUT2D eigenvalue weighted by Gasteiger charge is 2.40. The predicted octanol–water partition coefficient (Wildman–Crippen LogP) is 3.93. The number of hydrogen-bond acceptors (Lipinski definition) is 12. The number of methoxy groups -OCH3 is 1. The summed E-state index contributed by atoms with van der Waals surface area (Å²) in [4.78, 5) is 80.6. The van der Waals surface area contributed by atoms with E-state index in [1.807, 2.05) is 65.3 Å². The molecule has 0 saturated carbocycles. The molecule has 0 radical (unpaired) electrons. The zero-order valence-corrected chi connectivity index (χ0v) is 36.1. The monoisotopic (exact) mass is 891 g/mol. The van der Waals surface area contributed by atoms with Crippen LogP contribution in [0.2, 0.25) is 0 Å². The van der Waals surface area contributed by atoms with E-state index in [1.54, 1.807) is 9.80 Å². The number of piperazine rings is 1. The average Bonchev–Trinajstić information content (AvgIpc) is 3.86. The van der Waals surface area contributed by atoms with Crippen molar-refractivity contribution >= 4 is 52.1 Å². The SMILES string of the molecule is COc1ccc(F)cc1C(=O)NCc1ccc(-c2nn(C3CN(C(=O)c4ccc(CN5CCN(c6ccc7c(c6)CN(C6CCC(=O)NC6=O)C7=O)CC5)cc4)C3)c3ncnc(N)c23)cc1. The van der Waals surface area contributed by atoms with Crippen molar-refractivity contribution in [3.8, 4) is 17.0 Å². The lowest BCUT2D eigenvalue weighted by atomic mass is 10.0. The highest BCUT2D eigenvalue weighted by molar-refractivity contribution is 6.05. The summed E-state index contributed by atoms with van der Waals surface area (Å²) in [7, 11) is 1.42. The molecule has 4 aliphatic rings. The molecule has 10 rings (SSSR count). The van der Waals surface area contributed by atoms with E-state index in [2.05, 4.69) is 36.5 Å². The number of fused-ring (bicyclic) bond motifs is 2. The molecule has 2 aromatic heterocycles. The summed E-state index contributed by atoms with van der Waals surface area (Å²) in [5, 5.41) is 10.7. The van der Waals surface area contributed by atoms with Crippen molar-refractivity contribution in [2.75, 3.05) is 57.0 Å². The number of imide groups is 1. The van der Waals surface area contributed by atoms with Crippen molar-refractivity contribution in [2.24, 2.45) is 0 Å². The van der Waals surface area contributed by atoms with Crippen molar-refractivity contribution in [3.05, 3.63) is 130 Å². The Morgan fingerprint density at radius 1 is 0.909 bits per heavy atom. The van der Waals surface area contributed by atoms with Gasteiger partial charge in [0, 0.05) is 87.7 Å². The fourth-order valence-corrected chi connectivity index (χ4v) is 9.26. The number of nitrogens with zero attached hydrogens (tertiary/aromatic N) is 8. The number of carbonyl (C=O) groups excluding carboxylic acids is 5. The van der Waals surface area contributed by atoms with Gasteiger partial charge in [-0.15, -0.1) is 0 Å². The zero-order chi connectivity index (χ0) is 45.6. The molecule has 4 aromatic carbocycles. The number of aromatic nitrogens is 4. The van der Waals surface area contributed by atoms with Gasteiger partial charge in [0.05, 0.1) is 24.1 Å². The first-order chi connectivity index (χ1) is 32.0. The lowest BCUT2D eigenvalue weighted by Gasteiger charge is -2.39. The maximum absolute atomic E-state index is 13.8. The summed E-state index contributed by atoms with van der Waals surface area (Å²) in [5.74, 6) is -1.38. The number of carbonyl (C=O) groups is 5. The van der Waals surface area contributed by atoms with Gasteiger partial charge in [0.15, 0.2) is 5.65 Å². The molecular weight excluding hydrogens is 846 g/mol. The lowest BCUT2D eigenvalue weighted by Crippen LogP contribution is -2.52. The first-order valence-electron chi connectivity index (χ1n) is 21.8. The third kappa shape index (κ3) is 8.03. The molecule has 0 bridgehead atoms. The number of halogens is 1. The third-order valence-electron chi connectivity index (χ3n) is 13.0. The molecule has 4 aliphatic heterocycles. The number of piperidine rings is 1. The predicted molar refractivity (Wildman–Crippen MR) is 241 cm³/mol. The van der Waals surface area contributed by atoms with Gasteiger partial charge in [-0.3, -0.25) is 34.2 Å². The van der Waals surface area contributed by atoms with E-state index in [1.165, 1.54) is 25.6 Å². The third-order valence-corrected chi connectivity index (χ3v) is 13.0. The summed E-state index contributed by atoms with van der Waals surface area (Å²) >= 11 is 0. The minimum Gasteiger partial charge on any atom is -0.496 e. The van der Waals surface area contributed by atoms with Crippen LogP contribution in [-0.2, 0) is 29.2 Å². The summed E-state index contributed by atoms with van der Waals surface area (Å²) in [5.41, 5.74) is 13.5. The van der Waals surface area contributed by atoms with Crippen LogP contribution in [0.1, 0.15) is 66.6 Å². The van der Waals surface area contributed by atoms with Crippen LogP contribution in [0.5, 0.6) is 5.75 Å². The van der Waals surface area contributed by atoms with E-state index in [-0.39, 0.29) is 53.9 Å². The number of likely N-dealkylation sites (tertiary alicyclic amines) is 1. The zero-order valence-electron chi connectivity index (χ0n) is 36.1. The molecule has 6 heterocycles. The number of nitrogens with two attached hydrogens (primary N) is 1. The molecule has 3 saturated heterocycles. The number of ether oxygens (including phenoxy) is 1. The Balaban J connectivity index is 0.724. The largest absolute Gasteiger partial charge is 0.496 e. The van der Waals surface area contributed by atoms with Crippen LogP contribution in [0.3, 0.4) is 0 Å². The molecular formula is C48H46FN11O6. The van der Waals surface area contributed by atoms with Crippen molar-refractivity contribution in [1.29, 1.82) is 0 Å². The molecule has 18 heteroatoms. The first-order valence-corrected chi connectivity index (χ1v) is 21.8. The van der Waals surface area contributed by atoms with Gasteiger partial charge in [-0.25, -0.2) is 19.0 Å². The first kappa shape index (κ1) is 42.2. The molecule has 1 unspecified atom stereocenters. The van der Waals surface area contributed by atoms with Gasteiger partial charge < -0.3 is 30.5 Å². The van der Waals surface area contributed by atoms with Gasteiger partial charge in [-0.05, 0) is 71.6 Å². The molecule has 66 heavy (non-hydrogen) atoms. The van der Waals surface area contributed by atoms with Gasteiger partial charge in [0.2, 0.25) is 11.8 Å². The second-order valence-electron chi connectivity index (χ2n) is 17.0. The standard InChI is InChI=1S/C48H46FN11O6/c1-66-39-14-10-33(49)21-37(39)45(62)51-22-28-2-6-30(7-3-28)42-41-43(50)52-27-53-44(41)60(55-42)35-25-58(26-35)47(64)31-8-4-29(5-9-31)23-56-16-18-57(19-17-56)34-11-12-36-32(20-34)24-59(48(36)65)38-13-15-40(61)54-46(38)63/h2-12,14,20-21,27,35,38H,13,15-19,22-26H2,1H3,(H,51,62)(H2,50,52,53)(H,54,61,63). The van der Waals surface area contributed by atoms with Gasteiger partial charge >= 0.3 is 0 Å². The Bertz CT molecular complexity index is 2910. The van der Waals surface area contributed by atoms with Crippen molar-refractivity contribution in [1.82, 2.24) is 45.1 Å². The Labute approximate surface area is 378 Å². The van der Waals surface area contributed by atoms with E-state index in [0.717, 1.165) is 66.7 Å². The van der Waals surface area contributed by atoms with Gasteiger partial charge in [0.1, 0.15) is 35.4 Å². The highest BCUT2D eigenvalue weighted by Crippen LogP contribution is 2.35.